The molecule has 3 aromatic rings. The quantitative estimate of drug-likeness (QED) is 0.405. The third-order valence-corrected chi connectivity index (χ3v) is 7.70. The number of hydrogen-bond donors (Lipinski definition) is 1. The Bertz CT molecular complexity index is 1380. The lowest BCUT2D eigenvalue weighted by Gasteiger charge is -2.42. The van der Waals surface area contributed by atoms with E-state index in [1.807, 2.05) is 6.07 Å². The van der Waals surface area contributed by atoms with Crippen molar-refractivity contribution in [2.45, 2.75) is 71.6 Å². The molecule has 2 aromatic carbocycles. The Morgan fingerprint density at radius 2 is 1.56 bits per heavy atom. The molecule has 0 saturated heterocycles. The number of ether oxygens (including phenoxy) is 2. The number of anilines is 1. The maximum atomic E-state index is 13.0. The van der Waals surface area contributed by atoms with Gasteiger partial charge in [-0.1, -0.05) is 39.8 Å². The summed E-state index contributed by atoms with van der Waals surface area (Å²) in [5.41, 5.74) is 6.29. The van der Waals surface area contributed by atoms with Gasteiger partial charge in [-0.2, -0.15) is 0 Å². The largest absolute Gasteiger partial charge is 0.456 e. The van der Waals surface area contributed by atoms with Crippen LogP contribution in [0.25, 0.3) is 0 Å². The Labute approximate surface area is 212 Å². The van der Waals surface area contributed by atoms with Crippen LogP contribution in [0.1, 0.15) is 96.4 Å². The molecule has 36 heavy (non-hydrogen) atoms. The molecule has 1 aromatic heterocycles. The van der Waals surface area contributed by atoms with Gasteiger partial charge in [0.1, 0.15) is 5.76 Å². The van der Waals surface area contributed by atoms with E-state index in [0.29, 0.717) is 34.9 Å². The van der Waals surface area contributed by atoms with E-state index in [0.717, 1.165) is 6.42 Å². The Morgan fingerprint density at radius 1 is 0.917 bits per heavy atom. The van der Waals surface area contributed by atoms with Crippen molar-refractivity contribution < 1.29 is 23.5 Å². The summed E-state index contributed by atoms with van der Waals surface area (Å²) in [6.07, 6.45) is 2.94. The molecule has 1 amide bonds. The van der Waals surface area contributed by atoms with Crippen molar-refractivity contribution in [3.8, 4) is 11.5 Å². The van der Waals surface area contributed by atoms with Crippen LogP contribution in [0, 0.1) is 6.92 Å². The average molecular weight is 488 g/mol. The standard InChI is InChI=1S/C30H33NO5/c1-17-11-22-23(30(5,6)10-9-29(22,3)4)13-19(17)12-20-7-8-25(36-20)28(33)31-24-15-27-26(34-16-35-27)14-21(24)18(2)32/h7-8,11,13-15H,9-10,12,16H2,1-6H3,(H,31,33). The normalized spacial score (nSPS) is 16.9. The van der Waals surface area contributed by atoms with E-state index in [-0.39, 0.29) is 29.2 Å². The van der Waals surface area contributed by atoms with E-state index in [4.69, 9.17) is 13.9 Å². The molecule has 0 radical (unpaired) electrons. The lowest BCUT2D eigenvalue weighted by atomic mass is 9.62. The summed E-state index contributed by atoms with van der Waals surface area (Å²) < 4.78 is 16.7. The number of Topliss-reactive ketones (excluding diaryl/α,β-unsaturated/α-hetero) is 1. The first-order chi connectivity index (χ1) is 16.9. The molecule has 2 aliphatic rings. The van der Waals surface area contributed by atoms with Crippen LogP contribution in [0.4, 0.5) is 5.69 Å². The van der Waals surface area contributed by atoms with Crippen LogP contribution < -0.4 is 14.8 Å². The molecule has 6 heteroatoms. The van der Waals surface area contributed by atoms with E-state index < -0.39 is 5.91 Å². The summed E-state index contributed by atoms with van der Waals surface area (Å²) in [7, 11) is 0. The Morgan fingerprint density at radius 3 is 2.22 bits per heavy atom. The molecular formula is C30H33NO5. The zero-order valence-electron chi connectivity index (χ0n) is 21.8. The molecule has 1 aliphatic heterocycles. The van der Waals surface area contributed by atoms with Crippen molar-refractivity contribution in [3.63, 3.8) is 0 Å². The van der Waals surface area contributed by atoms with Crippen molar-refractivity contribution in [1.29, 1.82) is 0 Å². The molecule has 5 rings (SSSR count). The van der Waals surface area contributed by atoms with Gasteiger partial charge in [-0.15, -0.1) is 0 Å². The van der Waals surface area contributed by atoms with Crippen molar-refractivity contribution in [2.24, 2.45) is 0 Å². The van der Waals surface area contributed by atoms with E-state index in [9.17, 15) is 9.59 Å². The number of ketones is 1. The number of fused-ring (bicyclic) bond motifs is 2. The van der Waals surface area contributed by atoms with Crippen LogP contribution in [0.15, 0.2) is 40.8 Å². The zero-order valence-corrected chi connectivity index (χ0v) is 21.8. The fourth-order valence-corrected chi connectivity index (χ4v) is 5.26. The van der Waals surface area contributed by atoms with Gasteiger partial charge < -0.3 is 19.2 Å². The molecule has 0 saturated carbocycles. The maximum absolute atomic E-state index is 13.0. The van der Waals surface area contributed by atoms with Crippen LogP contribution in [0.2, 0.25) is 0 Å². The lowest BCUT2D eigenvalue weighted by Crippen LogP contribution is -2.34. The predicted octanol–water partition coefficient (Wildman–Crippen LogP) is 6.71. The van der Waals surface area contributed by atoms with Crippen molar-refractivity contribution in [3.05, 3.63) is 75.7 Å². The lowest BCUT2D eigenvalue weighted by molar-refractivity contribution is 0.0995. The molecular weight excluding hydrogens is 454 g/mol. The third-order valence-electron chi connectivity index (χ3n) is 7.70. The molecule has 0 unspecified atom stereocenters. The monoisotopic (exact) mass is 487 g/mol. The van der Waals surface area contributed by atoms with Crippen molar-refractivity contribution >= 4 is 17.4 Å². The molecule has 0 spiro atoms. The number of amides is 1. The average Bonchev–Trinajstić information content (AvgIpc) is 3.46. The van der Waals surface area contributed by atoms with E-state index in [1.54, 1.807) is 18.2 Å². The van der Waals surface area contributed by atoms with E-state index >= 15 is 0 Å². The number of carbonyl (C=O) groups is 2. The predicted molar refractivity (Wildman–Crippen MR) is 139 cm³/mol. The second-order valence-electron chi connectivity index (χ2n) is 11.3. The van der Waals surface area contributed by atoms with E-state index in [1.165, 1.54) is 35.6 Å². The summed E-state index contributed by atoms with van der Waals surface area (Å²) >= 11 is 0. The molecule has 1 N–H and O–H groups in total. The Hall–Kier alpha value is -3.54. The van der Waals surface area contributed by atoms with Crippen LogP contribution in [-0.2, 0) is 17.3 Å². The topological polar surface area (TPSA) is 77.8 Å². The van der Waals surface area contributed by atoms with Crippen molar-refractivity contribution in [2.75, 3.05) is 12.1 Å². The first-order valence-corrected chi connectivity index (χ1v) is 12.4. The van der Waals surface area contributed by atoms with Gasteiger partial charge in [0.25, 0.3) is 5.91 Å². The second kappa shape index (κ2) is 8.54. The number of furan rings is 1. The first-order valence-electron chi connectivity index (χ1n) is 12.4. The third kappa shape index (κ3) is 4.29. The highest BCUT2D eigenvalue weighted by Gasteiger charge is 2.37. The summed E-state index contributed by atoms with van der Waals surface area (Å²) in [5, 5.41) is 2.80. The van der Waals surface area contributed by atoms with Crippen LogP contribution in [-0.4, -0.2) is 18.5 Å². The van der Waals surface area contributed by atoms with E-state index in [2.05, 4.69) is 52.1 Å². The maximum Gasteiger partial charge on any atom is 0.291 e. The Kier molecular flexibility index (Phi) is 5.73. The fraction of sp³-hybridized carbons (Fsp3) is 0.400. The number of aryl methyl sites for hydroxylation is 1. The zero-order chi connectivity index (χ0) is 25.8. The highest BCUT2D eigenvalue weighted by molar-refractivity contribution is 6.08. The fourth-order valence-electron chi connectivity index (χ4n) is 5.26. The van der Waals surface area contributed by atoms with Crippen LogP contribution in [0.5, 0.6) is 11.5 Å². The smallest absolute Gasteiger partial charge is 0.291 e. The number of nitrogens with one attached hydrogen (secondary N) is 1. The van der Waals surface area contributed by atoms with Gasteiger partial charge in [0.2, 0.25) is 6.79 Å². The first kappa shape index (κ1) is 24.2. The van der Waals surface area contributed by atoms with Gasteiger partial charge in [-0.05, 0) is 78.0 Å². The Balaban J connectivity index is 1.38. The molecule has 1 aliphatic carbocycles. The minimum Gasteiger partial charge on any atom is -0.456 e. The van der Waals surface area contributed by atoms with Gasteiger partial charge in [0.15, 0.2) is 23.0 Å². The highest BCUT2D eigenvalue weighted by Crippen LogP contribution is 2.46. The van der Waals surface area contributed by atoms with Gasteiger partial charge in [-0.3, -0.25) is 9.59 Å². The number of carbonyl (C=O) groups excluding carboxylic acids is 2. The molecule has 188 valence electrons. The van der Waals surface area contributed by atoms with Gasteiger partial charge in [0, 0.05) is 18.1 Å². The van der Waals surface area contributed by atoms with Crippen molar-refractivity contribution in [1.82, 2.24) is 0 Å². The molecule has 6 nitrogen and oxygen atoms in total. The minimum absolute atomic E-state index is 0.0857. The van der Waals surface area contributed by atoms with Gasteiger partial charge >= 0.3 is 0 Å². The highest BCUT2D eigenvalue weighted by atomic mass is 16.7. The summed E-state index contributed by atoms with van der Waals surface area (Å²) in [4.78, 5) is 25.1. The van der Waals surface area contributed by atoms with Crippen LogP contribution in [0.3, 0.4) is 0 Å². The van der Waals surface area contributed by atoms with Crippen LogP contribution >= 0.6 is 0 Å². The SMILES string of the molecule is CC(=O)c1cc2c(cc1NC(=O)c1ccc(Cc3cc4c(cc3C)C(C)(C)CCC4(C)C)o1)OCO2. The summed E-state index contributed by atoms with van der Waals surface area (Å²) in [6.45, 7) is 13.0. The molecule has 0 atom stereocenters. The number of hydrogen-bond acceptors (Lipinski definition) is 5. The molecule has 0 fully saturated rings. The number of benzene rings is 2. The minimum atomic E-state index is -0.423. The summed E-state index contributed by atoms with van der Waals surface area (Å²) in [5.74, 6) is 1.28. The van der Waals surface area contributed by atoms with Gasteiger partial charge in [-0.25, -0.2) is 0 Å². The summed E-state index contributed by atoms with van der Waals surface area (Å²) in [6, 6.07) is 11.4. The van der Waals surface area contributed by atoms with Gasteiger partial charge in [0.05, 0.1) is 5.69 Å². The number of rotatable bonds is 5. The molecule has 2 heterocycles. The molecule has 0 bridgehead atoms. The second-order valence-corrected chi connectivity index (χ2v) is 11.3.